The molecule has 1 aliphatic heterocycles. The third-order valence-corrected chi connectivity index (χ3v) is 6.37. The highest BCUT2D eigenvalue weighted by molar-refractivity contribution is 5.35. The summed E-state index contributed by atoms with van der Waals surface area (Å²) in [4.78, 5) is 2.84. The van der Waals surface area contributed by atoms with Crippen molar-refractivity contribution in [3.63, 3.8) is 0 Å². The predicted molar refractivity (Wildman–Crippen MR) is 88.7 cm³/mol. The molecular weight excluding hydrogens is 254 g/mol. The second kappa shape index (κ2) is 6.12. The van der Waals surface area contributed by atoms with Gasteiger partial charge >= 0.3 is 0 Å². The summed E-state index contributed by atoms with van der Waals surface area (Å²) in [6.45, 7) is 2.71. The summed E-state index contributed by atoms with van der Waals surface area (Å²) in [6.07, 6.45) is 13.0. The molecule has 2 atom stereocenters. The Hall–Kier alpha value is -0.820. The van der Waals surface area contributed by atoms with Gasteiger partial charge in [0, 0.05) is 12.0 Å². The smallest absolute Gasteiger partial charge is 0.0168 e. The molecule has 1 nitrogen and oxygen atoms in total. The lowest BCUT2D eigenvalue weighted by Crippen LogP contribution is -2.36. The summed E-state index contributed by atoms with van der Waals surface area (Å²) in [5.74, 6) is 1.87. The first-order valence-electron chi connectivity index (χ1n) is 9.23. The monoisotopic (exact) mass is 283 g/mol. The Morgan fingerprint density at radius 1 is 0.952 bits per heavy atom. The average molecular weight is 283 g/mol. The van der Waals surface area contributed by atoms with Gasteiger partial charge in [0.2, 0.25) is 0 Å². The normalized spacial score (nSPS) is 30.1. The summed E-state index contributed by atoms with van der Waals surface area (Å²) in [5, 5.41) is 0. The van der Waals surface area contributed by atoms with Crippen molar-refractivity contribution < 1.29 is 0 Å². The standard InChI is InChI=1S/C20H29N/c1-2-6-16(7-3-1)12-14-21-15-13-19-18-9-5-4-8-17(18)10-11-20(19)21/h4-5,8-9,16,19-20H,1-3,6-7,10-15H2/t19-,20+/m1/s1. The first kappa shape index (κ1) is 13.8. The molecule has 1 heterocycles. The maximum atomic E-state index is 2.84. The Labute approximate surface area is 129 Å². The Bertz CT molecular complexity index is 474. The van der Waals surface area contributed by atoms with Crippen molar-refractivity contribution in [2.75, 3.05) is 13.1 Å². The van der Waals surface area contributed by atoms with Gasteiger partial charge < -0.3 is 0 Å². The number of likely N-dealkylation sites (tertiary alicyclic amines) is 1. The van der Waals surface area contributed by atoms with E-state index < -0.39 is 0 Å². The van der Waals surface area contributed by atoms with Crippen LogP contribution in [0.3, 0.4) is 0 Å². The van der Waals surface area contributed by atoms with E-state index in [0.717, 1.165) is 17.9 Å². The minimum absolute atomic E-state index is 0.835. The summed E-state index contributed by atoms with van der Waals surface area (Å²) >= 11 is 0. The molecule has 0 amide bonds. The lowest BCUT2D eigenvalue weighted by molar-refractivity contribution is 0.199. The summed E-state index contributed by atoms with van der Waals surface area (Å²) in [6, 6.07) is 10.1. The van der Waals surface area contributed by atoms with Gasteiger partial charge in [0.05, 0.1) is 0 Å². The van der Waals surface area contributed by atoms with Crippen molar-refractivity contribution in [3.8, 4) is 0 Å². The third kappa shape index (κ3) is 2.77. The van der Waals surface area contributed by atoms with Crippen LogP contribution in [0.15, 0.2) is 24.3 Å². The van der Waals surface area contributed by atoms with Gasteiger partial charge in [-0.1, -0.05) is 56.4 Å². The molecule has 0 unspecified atom stereocenters. The zero-order chi connectivity index (χ0) is 14.1. The maximum Gasteiger partial charge on any atom is 0.0168 e. The molecule has 0 aromatic heterocycles. The lowest BCUT2D eigenvalue weighted by atomic mass is 9.79. The molecule has 1 aromatic rings. The van der Waals surface area contributed by atoms with Crippen molar-refractivity contribution in [2.45, 2.75) is 69.7 Å². The van der Waals surface area contributed by atoms with E-state index in [0.29, 0.717) is 0 Å². The van der Waals surface area contributed by atoms with Crippen molar-refractivity contribution in [3.05, 3.63) is 35.4 Å². The third-order valence-electron chi connectivity index (χ3n) is 6.37. The van der Waals surface area contributed by atoms with Crippen LogP contribution in [0.25, 0.3) is 0 Å². The molecule has 2 fully saturated rings. The van der Waals surface area contributed by atoms with Gasteiger partial charge in [-0.05, 0) is 55.8 Å². The van der Waals surface area contributed by atoms with E-state index in [-0.39, 0.29) is 0 Å². The zero-order valence-electron chi connectivity index (χ0n) is 13.3. The SMILES string of the molecule is c1ccc2c(c1)CC[C@H]1[C@@H]2CCN1CCC1CCCCC1. The van der Waals surface area contributed by atoms with Crippen molar-refractivity contribution in [1.29, 1.82) is 0 Å². The molecule has 114 valence electrons. The topological polar surface area (TPSA) is 3.24 Å². The van der Waals surface area contributed by atoms with Crippen molar-refractivity contribution >= 4 is 0 Å². The molecule has 0 spiro atoms. The first-order valence-corrected chi connectivity index (χ1v) is 9.23. The van der Waals surface area contributed by atoms with Crippen LogP contribution in [0.2, 0.25) is 0 Å². The van der Waals surface area contributed by atoms with E-state index in [9.17, 15) is 0 Å². The number of rotatable bonds is 3. The van der Waals surface area contributed by atoms with Crippen LogP contribution in [0, 0.1) is 5.92 Å². The van der Waals surface area contributed by atoms with Crippen LogP contribution < -0.4 is 0 Å². The number of benzene rings is 1. The van der Waals surface area contributed by atoms with Crippen LogP contribution >= 0.6 is 0 Å². The molecule has 4 rings (SSSR count). The van der Waals surface area contributed by atoms with E-state index in [1.54, 1.807) is 11.1 Å². The summed E-state index contributed by atoms with van der Waals surface area (Å²) in [5.41, 5.74) is 3.31. The van der Waals surface area contributed by atoms with Gasteiger partial charge in [0.15, 0.2) is 0 Å². The van der Waals surface area contributed by atoms with E-state index >= 15 is 0 Å². The van der Waals surface area contributed by atoms with Gasteiger partial charge in [-0.15, -0.1) is 0 Å². The highest BCUT2D eigenvalue weighted by Gasteiger charge is 2.38. The lowest BCUT2D eigenvalue weighted by Gasteiger charge is -2.34. The molecule has 2 aliphatic carbocycles. The van der Waals surface area contributed by atoms with Crippen LogP contribution in [0.1, 0.15) is 68.4 Å². The largest absolute Gasteiger partial charge is 0.300 e. The quantitative estimate of drug-likeness (QED) is 0.773. The number of fused-ring (bicyclic) bond motifs is 3. The highest BCUT2D eigenvalue weighted by Crippen LogP contribution is 2.41. The van der Waals surface area contributed by atoms with E-state index in [1.165, 1.54) is 70.9 Å². The molecule has 1 aromatic carbocycles. The fraction of sp³-hybridized carbons (Fsp3) is 0.700. The Morgan fingerprint density at radius 2 is 1.81 bits per heavy atom. The van der Waals surface area contributed by atoms with E-state index in [2.05, 4.69) is 29.2 Å². The second-order valence-electron chi connectivity index (χ2n) is 7.53. The Balaban J connectivity index is 1.39. The minimum Gasteiger partial charge on any atom is -0.300 e. The molecule has 1 saturated carbocycles. The maximum absolute atomic E-state index is 2.84. The fourth-order valence-electron chi connectivity index (χ4n) is 5.19. The van der Waals surface area contributed by atoms with E-state index in [1.807, 2.05) is 0 Å². The summed E-state index contributed by atoms with van der Waals surface area (Å²) in [7, 11) is 0. The minimum atomic E-state index is 0.835. The van der Waals surface area contributed by atoms with Gasteiger partial charge in [-0.25, -0.2) is 0 Å². The molecule has 1 heteroatoms. The van der Waals surface area contributed by atoms with Gasteiger partial charge in [-0.3, -0.25) is 4.90 Å². The summed E-state index contributed by atoms with van der Waals surface area (Å²) < 4.78 is 0. The molecular formula is C20H29N. The second-order valence-corrected chi connectivity index (χ2v) is 7.53. The van der Waals surface area contributed by atoms with E-state index in [4.69, 9.17) is 0 Å². The fourth-order valence-corrected chi connectivity index (χ4v) is 5.19. The number of aryl methyl sites for hydroxylation is 1. The molecule has 0 radical (unpaired) electrons. The van der Waals surface area contributed by atoms with Gasteiger partial charge in [0.1, 0.15) is 0 Å². The van der Waals surface area contributed by atoms with Gasteiger partial charge in [0.25, 0.3) is 0 Å². The Morgan fingerprint density at radius 3 is 2.71 bits per heavy atom. The number of nitrogens with zero attached hydrogens (tertiary/aromatic N) is 1. The van der Waals surface area contributed by atoms with Crippen LogP contribution in [-0.2, 0) is 6.42 Å². The molecule has 21 heavy (non-hydrogen) atoms. The van der Waals surface area contributed by atoms with Crippen LogP contribution in [0.4, 0.5) is 0 Å². The molecule has 1 saturated heterocycles. The first-order chi connectivity index (χ1) is 10.4. The molecule has 0 N–H and O–H groups in total. The zero-order valence-corrected chi connectivity index (χ0v) is 13.3. The van der Waals surface area contributed by atoms with Crippen molar-refractivity contribution in [2.24, 2.45) is 5.92 Å². The van der Waals surface area contributed by atoms with Gasteiger partial charge in [-0.2, -0.15) is 0 Å². The average Bonchev–Trinajstić information content (AvgIpc) is 2.97. The highest BCUT2D eigenvalue weighted by atomic mass is 15.2. The predicted octanol–water partition coefficient (Wildman–Crippen LogP) is 4.76. The number of hydrogen-bond acceptors (Lipinski definition) is 1. The van der Waals surface area contributed by atoms with Crippen LogP contribution in [-0.4, -0.2) is 24.0 Å². The van der Waals surface area contributed by atoms with Crippen molar-refractivity contribution in [1.82, 2.24) is 4.90 Å². The van der Waals surface area contributed by atoms with Crippen LogP contribution in [0.5, 0.6) is 0 Å². The number of hydrogen-bond donors (Lipinski definition) is 0. The molecule has 0 bridgehead atoms. The Kier molecular flexibility index (Phi) is 4.03. The molecule has 3 aliphatic rings.